The van der Waals surface area contributed by atoms with E-state index in [2.05, 4.69) is 10.3 Å². The Balaban J connectivity index is 1.87. The summed E-state index contributed by atoms with van der Waals surface area (Å²) in [4.78, 5) is 18.8. The van der Waals surface area contributed by atoms with E-state index in [1.54, 1.807) is 5.38 Å². The zero-order chi connectivity index (χ0) is 17.1. The zero-order valence-corrected chi connectivity index (χ0v) is 14.2. The fourth-order valence-electron chi connectivity index (χ4n) is 2.93. The van der Waals surface area contributed by atoms with Gasteiger partial charge in [0.05, 0.1) is 5.56 Å². The number of thiazole rings is 1. The summed E-state index contributed by atoms with van der Waals surface area (Å²) in [5, 5.41) is 5.02. The molecule has 2 heterocycles. The summed E-state index contributed by atoms with van der Waals surface area (Å²) in [7, 11) is 0. The Morgan fingerprint density at radius 2 is 2.17 bits per heavy atom. The molecule has 1 unspecified atom stereocenters. The zero-order valence-electron chi connectivity index (χ0n) is 13.4. The highest BCUT2D eigenvalue weighted by Crippen LogP contribution is 2.29. The lowest BCUT2D eigenvalue weighted by molar-refractivity contribution is 0.0687. The van der Waals surface area contributed by atoms with Gasteiger partial charge in [-0.1, -0.05) is 13.0 Å². The molecule has 0 radical (unpaired) electrons. The number of carbonyl (C=O) groups is 1. The van der Waals surface area contributed by atoms with Crippen LogP contribution in [0.3, 0.4) is 0 Å². The van der Waals surface area contributed by atoms with Crippen molar-refractivity contribution in [2.24, 2.45) is 0 Å². The highest BCUT2D eigenvalue weighted by atomic mass is 32.1. The van der Waals surface area contributed by atoms with Crippen LogP contribution in [-0.2, 0) is 0 Å². The topological polar surface area (TPSA) is 45.2 Å². The number of amides is 1. The van der Waals surface area contributed by atoms with Crippen molar-refractivity contribution >= 4 is 17.2 Å². The van der Waals surface area contributed by atoms with Gasteiger partial charge in [0.15, 0.2) is 0 Å². The number of halogens is 2. The molecule has 1 atom stereocenters. The first-order chi connectivity index (χ1) is 11.6. The van der Waals surface area contributed by atoms with Gasteiger partial charge in [-0.25, -0.2) is 13.8 Å². The minimum absolute atomic E-state index is 0.146. The van der Waals surface area contributed by atoms with Crippen LogP contribution in [0.15, 0.2) is 23.6 Å². The number of benzene rings is 1. The molecule has 0 aliphatic carbocycles. The standard InChI is InChI=1S/C17H19F2N3OS/c1-2-8-22(11-6-7-20-9-11)17(23)14-10-24-16(21-14)15-12(18)4-3-5-13(15)19/h3-5,10-11,20H,2,6-9H2,1H3. The lowest BCUT2D eigenvalue weighted by Gasteiger charge is -2.27. The minimum atomic E-state index is -0.672. The van der Waals surface area contributed by atoms with Gasteiger partial charge < -0.3 is 10.2 Å². The second-order valence-electron chi connectivity index (χ2n) is 5.78. The van der Waals surface area contributed by atoms with Crippen molar-refractivity contribution in [2.45, 2.75) is 25.8 Å². The number of aromatic nitrogens is 1. The van der Waals surface area contributed by atoms with Crippen LogP contribution in [0, 0.1) is 11.6 Å². The smallest absolute Gasteiger partial charge is 0.273 e. The average molecular weight is 351 g/mol. The quantitative estimate of drug-likeness (QED) is 0.899. The van der Waals surface area contributed by atoms with Crippen molar-refractivity contribution in [2.75, 3.05) is 19.6 Å². The molecule has 0 saturated carbocycles. The summed E-state index contributed by atoms with van der Waals surface area (Å²) in [6.45, 7) is 4.32. The Morgan fingerprint density at radius 3 is 2.79 bits per heavy atom. The first-order valence-corrected chi connectivity index (χ1v) is 8.91. The molecular weight excluding hydrogens is 332 g/mol. The average Bonchev–Trinajstić information content (AvgIpc) is 3.23. The fraction of sp³-hybridized carbons (Fsp3) is 0.412. The van der Waals surface area contributed by atoms with E-state index in [0.29, 0.717) is 6.54 Å². The molecule has 7 heteroatoms. The minimum Gasteiger partial charge on any atom is -0.333 e. The Morgan fingerprint density at radius 1 is 1.42 bits per heavy atom. The van der Waals surface area contributed by atoms with Gasteiger partial charge in [0, 0.05) is 24.5 Å². The molecule has 1 N–H and O–H groups in total. The van der Waals surface area contributed by atoms with Crippen LogP contribution in [0.25, 0.3) is 10.6 Å². The van der Waals surface area contributed by atoms with Gasteiger partial charge in [-0.15, -0.1) is 11.3 Å². The molecule has 24 heavy (non-hydrogen) atoms. The first kappa shape index (κ1) is 17.0. The van der Waals surface area contributed by atoms with Crippen LogP contribution in [0.2, 0.25) is 0 Å². The summed E-state index contributed by atoms with van der Waals surface area (Å²) in [5.41, 5.74) is 0.0733. The maximum Gasteiger partial charge on any atom is 0.273 e. The summed E-state index contributed by atoms with van der Waals surface area (Å²) in [6.07, 6.45) is 1.76. The van der Waals surface area contributed by atoms with Gasteiger partial charge >= 0.3 is 0 Å². The third-order valence-corrected chi connectivity index (χ3v) is 4.96. The van der Waals surface area contributed by atoms with Gasteiger partial charge in [-0.2, -0.15) is 0 Å². The number of rotatable bonds is 5. The molecule has 1 aliphatic rings. The van der Waals surface area contributed by atoms with Crippen LogP contribution >= 0.6 is 11.3 Å². The SMILES string of the molecule is CCCN(C(=O)c1csc(-c2c(F)cccc2F)n1)C1CCNC1. The van der Waals surface area contributed by atoms with E-state index in [-0.39, 0.29) is 28.2 Å². The summed E-state index contributed by atoms with van der Waals surface area (Å²) < 4.78 is 27.8. The van der Waals surface area contributed by atoms with Crippen LogP contribution in [0.4, 0.5) is 8.78 Å². The Kier molecular flexibility index (Phi) is 5.20. The van der Waals surface area contributed by atoms with Crippen molar-refractivity contribution < 1.29 is 13.6 Å². The van der Waals surface area contributed by atoms with E-state index in [9.17, 15) is 13.6 Å². The molecule has 0 spiro atoms. The number of hydrogen-bond acceptors (Lipinski definition) is 4. The molecule has 1 amide bonds. The van der Waals surface area contributed by atoms with E-state index in [0.717, 1.165) is 37.3 Å². The maximum atomic E-state index is 13.9. The van der Waals surface area contributed by atoms with Crippen molar-refractivity contribution in [1.82, 2.24) is 15.2 Å². The van der Waals surface area contributed by atoms with E-state index in [1.807, 2.05) is 11.8 Å². The Bertz CT molecular complexity index is 708. The van der Waals surface area contributed by atoms with E-state index >= 15 is 0 Å². The lowest BCUT2D eigenvalue weighted by atomic mass is 10.2. The third kappa shape index (κ3) is 3.32. The predicted molar refractivity (Wildman–Crippen MR) is 90.1 cm³/mol. The molecule has 1 aromatic carbocycles. The Hall–Kier alpha value is -1.86. The van der Waals surface area contributed by atoms with E-state index < -0.39 is 11.6 Å². The first-order valence-electron chi connectivity index (χ1n) is 8.03. The van der Waals surface area contributed by atoms with Gasteiger partial charge in [0.25, 0.3) is 5.91 Å². The molecule has 4 nitrogen and oxygen atoms in total. The van der Waals surface area contributed by atoms with Crippen molar-refractivity contribution in [3.63, 3.8) is 0 Å². The molecule has 0 bridgehead atoms. The third-order valence-electron chi connectivity index (χ3n) is 4.10. The van der Waals surface area contributed by atoms with Crippen molar-refractivity contribution in [3.05, 3.63) is 40.9 Å². The molecule has 1 aromatic heterocycles. The molecule has 1 fully saturated rings. The van der Waals surface area contributed by atoms with E-state index in [1.165, 1.54) is 18.2 Å². The second-order valence-corrected chi connectivity index (χ2v) is 6.64. The predicted octanol–water partition coefficient (Wildman–Crippen LogP) is 3.30. The monoisotopic (exact) mass is 351 g/mol. The Labute approximate surface area is 143 Å². The highest BCUT2D eigenvalue weighted by Gasteiger charge is 2.28. The van der Waals surface area contributed by atoms with Gasteiger partial charge in [-0.3, -0.25) is 4.79 Å². The van der Waals surface area contributed by atoms with Gasteiger partial charge in [0.2, 0.25) is 0 Å². The number of nitrogens with zero attached hydrogens (tertiary/aromatic N) is 2. The number of hydrogen-bond donors (Lipinski definition) is 1. The molecule has 1 aliphatic heterocycles. The van der Waals surface area contributed by atoms with Crippen molar-refractivity contribution in [1.29, 1.82) is 0 Å². The highest BCUT2D eigenvalue weighted by molar-refractivity contribution is 7.13. The van der Waals surface area contributed by atoms with Crippen LogP contribution in [0.1, 0.15) is 30.3 Å². The summed E-state index contributed by atoms with van der Waals surface area (Å²) in [5.74, 6) is -1.52. The van der Waals surface area contributed by atoms with Crippen LogP contribution < -0.4 is 5.32 Å². The van der Waals surface area contributed by atoms with Gasteiger partial charge in [-0.05, 0) is 31.5 Å². The number of carbonyl (C=O) groups excluding carboxylic acids is 1. The van der Waals surface area contributed by atoms with E-state index in [4.69, 9.17) is 0 Å². The summed E-state index contributed by atoms with van der Waals surface area (Å²) >= 11 is 1.08. The lowest BCUT2D eigenvalue weighted by Crippen LogP contribution is -2.42. The molecule has 1 saturated heterocycles. The maximum absolute atomic E-state index is 13.9. The van der Waals surface area contributed by atoms with Crippen LogP contribution in [0.5, 0.6) is 0 Å². The normalized spacial score (nSPS) is 17.2. The summed E-state index contributed by atoms with van der Waals surface area (Å²) in [6, 6.07) is 3.83. The molecule has 128 valence electrons. The fourth-order valence-corrected chi connectivity index (χ4v) is 3.77. The van der Waals surface area contributed by atoms with Crippen LogP contribution in [-0.4, -0.2) is 41.5 Å². The molecular formula is C17H19F2N3OS. The largest absolute Gasteiger partial charge is 0.333 e. The van der Waals surface area contributed by atoms with Gasteiger partial charge in [0.1, 0.15) is 22.3 Å². The molecule has 3 rings (SSSR count). The number of nitrogens with one attached hydrogen (secondary N) is 1. The second kappa shape index (κ2) is 7.36. The molecule has 2 aromatic rings. The van der Waals surface area contributed by atoms with Crippen molar-refractivity contribution in [3.8, 4) is 10.6 Å².